The predicted molar refractivity (Wildman–Crippen MR) is 137 cm³/mol. The van der Waals surface area contributed by atoms with E-state index in [2.05, 4.69) is 56.3 Å². The van der Waals surface area contributed by atoms with Crippen LogP contribution in [0.1, 0.15) is 118 Å². The molecule has 2 nitrogen and oxygen atoms in total. The van der Waals surface area contributed by atoms with Gasteiger partial charge < -0.3 is 4.74 Å². The summed E-state index contributed by atoms with van der Waals surface area (Å²) in [6.45, 7) is 4.63. The van der Waals surface area contributed by atoms with E-state index in [1.54, 1.807) is 0 Å². The second-order valence-corrected chi connectivity index (χ2v) is 10.7. The van der Waals surface area contributed by atoms with Crippen molar-refractivity contribution >= 4 is 5.97 Å². The monoisotopic (exact) mass is 446 g/mol. The normalized spacial score (nSPS) is 26.5. The first-order valence-electron chi connectivity index (χ1n) is 13.5. The van der Waals surface area contributed by atoms with Crippen LogP contribution in [0.3, 0.4) is 0 Å². The van der Waals surface area contributed by atoms with Crippen LogP contribution in [0.25, 0.3) is 0 Å². The van der Waals surface area contributed by atoms with Crippen LogP contribution >= 0.6 is 0 Å². The minimum absolute atomic E-state index is 0.110. The maximum absolute atomic E-state index is 12.6. The van der Waals surface area contributed by atoms with E-state index in [4.69, 9.17) is 4.74 Å². The standard InChI is InChI=1S/C31H42O2/c1-3-7-24-12-20-30(21-13-24)33-31(32)29-18-16-28(17-19-29)27-14-10-25(11-15-27)22-23(2)26-8-5-4-6-9-26/h4-6,8-9,16-19,23-25,27,30H,3,7,10-15,20-22H2,1-2H3/t23-,24?,25?,27?,30?/m0/s1. The van der Waals surface area contributed by atoms with Gasteiger partial charge in [0.25, 0.3) is 0 Å². The largest absolute Gasteiger partial charge is 0.459 e. The van der Waals surface area contributed by atoms with E-state index in [1.165, 1.54) is 68.9 Å². The molecule has 0 radical (unpaired) electrons. The van der Waals surface area contributed by atoms with Crippen molar-refractivity contribution in [3.63, 3.8) is 0 Å². The topological polar surface area (TPSA) is 26.3 Å². The molecule has 0 aromatic heterocycles. The molecule has 2 heteroatoms. The summed E-state index contributed by atoms with van der Waals surface area (Å²) in [5, 5.41) is 0. The van der Waals surface area contributed by atoms with Crippen molar-refractivity contribution in [2.24, 2.45) is 11.8 Å². The predicted octanol–water partition coefficient (Wildman–Crippen LogP) is 8.67. The van der Waals surface area contributed by atoms with Crippen molar-refractivity contribution < 1.29 is 9.53 Å². The van der Waals surface area contributed by atoms with Crippen molar-refractivity contribution in [3.05, 3.63) is 71.3 Å². The highest BCUT2D eigenvalue weighted by molar-refractivity contribution is 5.89. The van der Waals surface area contributed by atoms with E-state index < -0.39 is 0 Å². The van der Waals surface area contributed by atoms with Gasteiger partial charge in [-0.1, -0.05) is 69.2 Å². The molecule has 2 saturated carbocycles. The summed E-state index contributed by atoms with van der Waals surface area (Å²) in [4.78, 5) is 12.6. The first-order chi connectivity index (χ1) is 16.1. The van der Waals surface area contributed by atoms with Crippen LogP contribution < -0.4 is 0 Å². The smallest absolute Gasteiger partial charge is 0.338 e. The van der Waals surface area contributed by atoms with Gasteiger partial charge in [0, 0.05) is 0 Å². The van der Waals surface area contributed by atoms with E-state index in [1.807, 2.05) is 12.1 Å². The highest BCUT2D eigenvalue weighted by atomic mass is 16.5. The molecule has 0 saturated heterocycles. The fourth-order valence-corrected chi connectivity index (χ4v) is 6.21. The van der Waals surface area contributed by atoms with Crippen molar-refractivity contribution in [3.8, 4) is 0 Å². The number of carbonyl (C=O) groups excluding carboxylic acids is 1. The molecule has 0 bridgehead atoms. The summed E-state index contributed by atoms with van der Waals surface area (Å²) in [7, 11) is 0. The van der Waals surface area contributed by atoms with E-state index >= 15 is 0 Å². The van der Waals surface area contributed by atoms with Gasteiger partial charge in [-0.2, -0.15) is 0 Å². The molecule has 33 heavy (non-hydrogen) atoms. The van der Waals surface area contributed by atoms with Gasteiger partial charge in [0.05, 0.1) is 5.56 Å². The SMILES string of the molecule is CCCC1CCC(OC(=O)c2ccc(C3CCC(C[C@H](C)c4ccccc4)CC3)cc2)CC1. The Morgan fingerprint density at radius 2 is 1.48 bits per heavy atom. The Bertz CT molecular complexity index is 840. The zero-order valence-corrected chi connectivity index (χ0v) is 20.7. The zero-order valence-electron chi connectivity index (χ0n) is 20.7. The van der Waals surface area contributed by atoms with Crippen LogP contribution in [0.2, 0.25) is 0 Å². The lowest BCUT2D eigenvalue weighted by molar-refractivity contribution is 0.0161. The first kappa shape index (κ1) is 24.0. The third kappa shape index (κ3) is 6.71. The van der Waals surface area contributed by atoms with E-state index in [0.29, 0.717) is 17.4 Å². The summed E-state index contributed by atoms with van der Waals surface area (Å²) < 4.78 is 5.84. The quantitative estimate of drug-likeness (QED) is 0.379. The minimum atomic E-state index is -0.140. The van der Waals surface area contributed by atoms with Crippen LogP contribution in [0.5, 0.6) is 0 Å². The number of ether oxygens (including phenoxy) is 1. The molecule has 2 aliphatic rings. The fourth-order valence-electron chi connectivity index (χ4n) is 6.21. The number of hydrogen-bond donors (Lipinski definition) is 0. The minimum Gasteiger partial charge on any atom is -0.459 e. The molecular weight excluding hydrogens is 404 g/mol. The Morgan fingerprint density at radius 3 is 2.12 bits per heavy atom. The molecule has 178 valence electrons. The molecule has 2 fully saturated rings. The molecular formula is C31H42O2. The van der Waals surface area contributed by atoms with Gasteiger partial charge in [0.15, 0.2) is 0 Å². The van der Waals surface area contributed by atoms with Gasteiger partial charge in [-0.15, -0.1) is 0 Å². The van der Waals surface area contributed by atoms with Crippen LogP contribution in [0, 0.1) is 11.8 Å². The molecule has 2 aromatic rings. The zero-order chi connectivity index (χ0) is 23.0. The highest BCUT2D eigenvalue weighted by Crippen LogP contribution is 2.39. The Morgan fingerprint density at radius 1 is 0.848 bits per heavy atom. The third-order valence-electron chi connectivity index (χ3n) is 8.28. The van der Waals surface area contributed by atoms with Gasteiger partial charge in [-0.05, 0) is 105 Å². The lowest BCUT2D eigenvalue weighted by Crippen LogP contribution is -2.24. The second-order valence-electron chi connectivity index (χ2n) is 10.7. The van der Waals surface area contributed by atoms with Crippen LogP contribution in [-0.4, -0.2) is 12.1 Å². The van der Waals surface area contributed by atoms with Crippen LogP contribution in [-0.2, 0) is 4.74 Å². The maximum atomic E-state index is 12.6. The summed E-state index contributed by atoms with van der Waals surface area (Å²) in [6.07, 6.45) is 13.6. The number of carbonyl (C=O) groups is 1. The lowest BCUT2D eigenvalue weighted by atomic mass is 9.75. The summed E-state index contributed by atoms with van der Waals surface area (Å²) >= 11 is 0. The molecule has 0 spiro atoms. The Labute approximate surface area is 201 Å². The Kier molecular flexibility index (Phi) is 8.64. The molecule has 0 amide bonds. The van der Waals surface area contributed by atoms with Gasteiger partial charge >= 0.3 is 5.97 Å². The molecule has 4 rings (SSSR count). The summed E-state index contributed by atoms with van der Waals surface area (Å²) in [6, 6.07) is 19.3. The Hall–Kier alpha value is -2.09. The van der Waals surface area contributed by atoms with E-state index in [-0.39, 0.29) is 12.1 Å². The maximum Gasteiger partial charge on any atom is 0.338 e. The number of benzene rings is 2. The van der Waals surface area contributed by atoms with Crippen molar-refractivity contribution in [2.45, 2.75) is 102 Å². The molecule has 0 unspecified atom stereocenters. The van der Waals surface area contributed by atoms with Gasteiger partial charge in [-0.25, -0.2) is 4.79 Å². The van der Waals surface area contributed by atoms with Gasteiger partial charge in [0.2, 0.25) is 0 Å². The van der Waals surface area contributed by atoms with E-state index in [9.17, 15) is 4.79 Å². The molecule has 2 aromatic carbocycles. The number of esters is 1. The third-order valence-corrected chi connectivity index (χ3v) is 8.28. The summed E-state index contributed by atoms with van der Waals surface area (Å²) in [5.74, 6) is 2.80. The number of hydrogen-bond acceptors (Lipinski definition) is 2. The van der Waals surface area contributed by atoms with Crippen molar-refractivity contribution in [1.82, 2.24) is 0 Å². The second kappa shape index (κ2) is 11.9. The van der Waals surface area contributed by atoms with Crippen molar-refractivity contribution in [2.75, 3.05) is 0 Å². The highest BCUT2D eigenvalue weighted by Gasteiger charge is 2.26. The molecule has 0 N–H and O–H groups in total. The summed E-state index contributed by atoms with van der Waals surface area (Å²) in [5.41, 5.74) is 3.57. The molecule has 1 atom stereocenters. The average molecular weight is 447 g/mol. The molecule has 0 heterocycles. The van der Waals surface area contributed by atoms with Gasteiger partial charge in [-0.3, -0.25) is 0 Å². The first-order valence-corrected chi connectivity index (χ1v) is 13.5. The number of rotatable bonds is 8. The van der Waals surface area contributed by atoms with Gasteiger partial charge in [0.1, 0.15) is 6.10 Å². The lowest BCUT2D eigenvalue weighted by Gasteiger charge is -2.30. The van der Waals surface area contributed by atoms with Crippen LogP contribution in [0.15, 0.2) is 54.6 Å². The molecule has 0 aliphatic heterocycles. The Balaban J connectivity index is 1.22. The van der Waals surface area contributed by atoms with Crippen LogP contribution in [0.4, 0.5) is 0 Å². The van der Waals surface area contributed by atoms with Crippen molar-refractivity contribution in [1.29, 1.82) is 0 Å². The van der Waals surface area contributed by atoms with E-state index in [0.717, 1.165) is 24.7 Å². The fraction of sp³-hybridized carbons (Fsp3) is 0.581. The average Bonchev–Trinajstić information content (AvgIpc) is 2.86. The molecule has 2 aliphatic carbocycles.